The van der Waals surface area contributed by atoms with Crippen molar-refractivity contribution < 1.29 is 17.9 Å². The Morgan fingerprint density at radius 1 is 1.43 bits per heavy atom. The Bertz CT molecular complexity index is 690. The number of hydrogen-bond acceptors (Lipinski definition) is 7. The monoisotopic (exact) mass is 360 g/mol. The van der Waals surface area contributed by atoms with Gasteiger partial charge in [0.2, 0.25) is 10.0 Å². The Kier molecular flexibility index (Phi) is 4.68. The predicted octanol–water partition coefficient (Wildman–Crippen LogP) is -0.0745. The Morgan fingerprint density at radius 3 is 2.91 bits per heavy atom. The number of fused-ring (bicyclic) bond motifs is 1. The van der Waals surface area contributed by atoms with E-state index in [1.807, 2.05) is 6.92 Å². The van der Waals surface area contributed by atoms with Crippen LogP contribution in [-0.4, -0.2) is 55.0 Å². The minimum absolute atomic E-state index is 0.147. The molecule has 2 N–H and O–H groups in total. The second-order valence-corrected chi connectivity index (χ2v) is 8.54. The molecular formula is C13H20N4O4S2. The number of hydrogen-bond donors (Lipinski definition) is 2. The maximum atomic E-state index is 12.5. The number of sulfonamides is 1. The van der Waals surface area contributed by atoms with E-state index in [0.717, 1.165) is 30.6 Å². The minimum Gasteiger partial charge on any atom is -0.376 e. The molecule has 4 atom stereocenters. The molecule has 2 fully saturated rings. The molecule has 0 spiro atoms. The first kappa shape index (κ1) is 16.7. The summed E-state index contributed by atoms with van der Waals surface area (Å²) in [5.41, 5.74) is 0.696. The van der Waals surface area contributed by atoms with Crippen molar-refractivity contribution in [3.8, 4) is 0 Å². The van der Waals surface area contributed by atoms with Gasteiger partial charge >= 0.3 is 0 Å². The van der Waals surface area contributed by atoms with Crippen LogP contribution in [0.1, 0.15) is 35.1 Å². The molecule has 0 aromatic carbocycles. The average Bonchev–Trinajstić information content (AvgIpc) is 3.09. The zero-order valence-corrected chi connectivity index (χ0v) is 14.6. The summed E-state index contributed by atoms with van der Waals surface area (Å²) in [4.78, 5) is 13.0. The van der Waals surface area contributed by atoms with Crippen LogP contribution in [0.2, 0.25) is 0 Å². The first-order valence-electron chi connectivity index (χ1n) is 7.61. The van der Waals surface area contributed by atoms with Crippen molar-refractivity contribution >= 4 is 27.5 Å². The van der Waals surface area contributed by atoms with Crippen LogP contribution in [0.25, 0.3) is 0 Å². The van der Waals surface area contributed by atoms with Gasteiger partial charge in [0, 0.05) is 12.5 Å². The average molecular weight is 360 g/mol. The largest absolute Gasteiger partial charge is 0.376 e. The number of nitrogens with zero attached hydrogens (tertiary/aromatic N) is 2. The highest BCUT2D eigenvalue weighted by Gasteiger charge is 2.55. The molecule has 0 bridgehead atoms. The molecular weight excluding hydrogens is 340 g/mol. The quantitative estimate of drug-likeness (QED) is 0.734. The molecule has 2 aliphatic rings. The smallest absolute Gasteiger partial charge is 0.265 e. The van der Waals surface area contributed by atoms with Crippen LogP contribution in [0.3, 0.4) is 0 Å². The highest BCUT2D eigenvalue weighted by atomic mass is 32.2. The molecule has 2 heterocycles. The summed E-state index contributed by atoms with van der Waals surface area (Å²) in [6, 6.07) is -0.682. The molecule has 128 valence electrons. The fourth-order valence-corrected chi connectivity index (χ4v) is 4.68. The van der Waals surface area contributed by atoms with E-state index in [-0.39, 0.29) is 24.0 Å². The summed E-state index contributed by atoms with van der Waals surface area (Å²) in [7, 11) is -3.37. The van der Waals surface area contributed by atoms with Crippen LogP contribution in [-0.2, 0) is 21.2 Å². The third-order valence-electron chi connectivity index (χ3n) is 4.28. The summed E-state index contributed by atoms with van der Waals surface area (Å²) >= 11 is 1.07. The van der Waals surface area contributed by atoms with Crippen molar-refractivity contribution in [1.82, 2.24) is 19.6 Å². The molecule has 23 heavy (non-hydrogen) atoms. The van der Waals surface area contributed by atoms with E-state index in [4.69, 9.17) is 4.74 Å². The zero-order valence-electron chi connectivity index (χ0n) is 13.0. The number of aryl methyl sites for hydroxylation is 1. The standard InChI is InChI=1S/C13H20N4O4S2/c1-3-4-8-12(22-17-15-8)13(18)14-9-7-5-6-21-11(7)10(9)16-23(2,19)20/h7,9-11,16H,3-6H2,1-2H3,(H,14,18)/t7-,9+,10-,11-/m1/s1. The summed E-state index contributed by atoms with van der Waals surface area (Å²) < 4.78 is 35.0. The minimum atomic E-state index is -3.37. The third-order valence-corrected chi connectivity index (χ3v) is 5.75. The summed E-state index contributed by atoms with van der Waals surface area (Å²) in [6.07, 6.45) is 3.35. The van der Waals surface area contributed by atoms with Crippen LogP contribution in [0, 0.1) is 5.92 Å². The van der Waals surface area contributed by atoms with E-state index in [2.05, 4.69) is 19.6 Å². The van der Waals surface area contributed by atoms with Crippen molar-refractivity contribution in [2.75, 3.05) is 12.9 Å². The van der Waals surface area contributed by atoms with Gasteiger partial charge in [-0.2, -0.15) is 0 Å². The first-order valence-corrected chi connectivity index (χ1v) is 10.3. The normalized spacial score (nSPS) is 29.8. The van der Waals surface area contributed by atoms with Crippen molar-refractivity contribution in [2.24, 2.45) is 5.92 Å². The van der Waals surface area contributed by atoms with Crippen molar-refractivity contribution in [1.29, 1.82) is 0 Å². The Hall–Kier alpha value is -1.10. The molecule has 0 unspecified atom stereocenters. The fourth-order valence-electron chi connectivity index (χ4n) is 3.29. The van der Waals surface area contributed by atoms with Gasteiger partial charge in [0.15, 0.2) is 0 Å². The summed E-state index contributed by atoms with van der Waals surface area (Å²) in [6.45, 7) is 2.60. The van der Waals surface area contributed by atoms with Gasteiger partial charge in [-0.1, -0.05) is 17.8 Å². The molecule has 1 aromatic heterocycles. The summed E-state index contributed by atoms with van der Waals surface area (Å²) in [5, 5.41) is 6.94. The van der Waals surface area contributed by atoms with Crippen LogP contribution >= 0.6 is 11.5 Å². The third kappa shape index (κ3) is 3.39. The molecule has 0 radical (unpaired) electrons. The van der Waals surface area contributed by atoms with Gasteiger partial charge in [0.25, 0.3) is 5.91 Å². The van der Waals surface area contributed by atoms with Crippen LogP contribution in [0.5, 0.6) is 0 Å². The van der Waals surface area contributed by atoms with Gasteiger partial charge in [0.1, 0.15) is 4.88 Å². The second-order valence-electron chi connectivity index (χ2n) is 6.00. The van der Waals surface area contributed by atoms with E-state index in [1.54, 1.807) is 0 Å². The number of carbonyl (C=O) groups is 1. The lowest BCUT2D eigenvalue weighted by Gasteiger charge is -2.47. The fraction of sp³-hybridized carbons (Fsp3) is 0.769. The van der Waals surface area contributed by atoms with Gasteiger partial charge in [-0.3, -0.25) is 4.79 Å². The zero-order chi connectivity index (χ0) is 16.6. The summed E-state index contributed by atoms with van der Waals surface area (Å²) in [5.74, 6) is -0.0900. The molecule has 1 saturated carbocycles. The topological polar surface area (TPSA) is 110 Å². The Morgan fingerprint density at radius 2 is 2.22 bits per heavy atom. The maximum absolute atomic E-state index is 12.5. The van der Waals surface area contributed by atoms with Gasteiger partial charge in [0.05, 0.1) is 30.1 Å². The van der Waals surface area contributed by atoms with Crippen molar-refractivity contribution in [2.45, 2.75) is 44.4 Å². The molecule has 1 saturated heterocycles. The lowest BCUT2D eigenvalue weighted by Crippen LogP contribution is -2.70. The Labute approximate surface area is 139 Å². The van der Waals surface area contributed by atoms with Gasteiger partial charge < -0.3 is 10.1 Å². The number of nitrogens with one attached hydrogen (secondary N) is 2. The molecule has 3 rings (SSSR count). The van der Waals surface area contributed by atoms with E-state index in [9.17, 15) is 13.2 Å². The van der Waals surface area contributed by atoms with Crippen molar-refractivity contribution in [3.05, 3.63) is 10.6 Å². The predicted molar refractivity (Wildman–Crippen MR) is 84.8 cm³/mol. The number of ether oxygens (including phenoxy) is 1. The molecule has 1 aliphatic heterocycles. The van der Waals surface area contributed by atoms with Crippen LogP contribution in [0.15, 0.2) is 0 Å². The van der Waals surface area contributed by atoms with E-state index in [0.29, 0.717) is 23.6 Å². The Balaban J connectivity index is 1.72. The maximum Gasteiger partial charge on any atom is 0.265 e. The van der Waals surface area contributed by atoms with Crippen molar-refractivity contribution in [3.63, 3.8) is 0 Å². The highest BCUT2D eigenvalue weighted by Crippen LogP contribution is 2.39. The lowest BCUT2D eigenvalue weighted by molar-refractivity contribution is -0.0193. The van der Waals surface area contributed by atoms with E-state index in [1.165, 1.54) is 0 Å². The van der Waals surface area contributed by atoms with Gasteiger partial charge in [-0.25, -0.2) is 13.1 Å². The first-order chi connectivity index (χ1) is 10.9. The van der Waals surface area contributed by atoms with Crippen LogP contribution < -0.4 is 10.0 Å². The number of amides is 1. The van der Waals surface area contributed by atoms with E-state index < -0.39 is 16.1 Å². The van der Waals surface area contributed by atoms with E-state index >= 15 is 0 Å². The number of aromatic nitrogens is 2. The molecule has 1 amide bonds. The molecule has 8 nitrogen and oxygen atoms in total. The number of carbonyl (C=O) groups excluding carboxylic acids is 1. The van der Waals surface area contributed by atoms with Gasteiger partial charge in [-0.05, 0) is 24.4 Å². The van der Waals surface area contributed by atoms with Gasteiger partial charge in [-0.15, -0.1) is 5.10 Å². The lowest BCUT2D eigenvalue weighted by atomic mass is 9.72. The molecule has 1 aliphatic carbocycles. The molecule has 1 aromatic rings. The highest BCUT2D eigenvalue weighted by molar-refractivity contribution is 7.88. The second kappa shape index (κ2) is 6.42. The molecule has 10 heteroatoms. The van der Waals surface area contributed by atoms with Crippen LogP contribution in [0.4, 0.5) is 0 Å². The SMILES string of the molecule is CCCc1nnsc1C(=O)N[C@H]1[C@H]2CCO[C@H]2[C@@H]1NS(C)(=O)=O. The number of rotatable bonds is 6.